The Morgan fingerprint density at radius 3 is 1.81 bits per heavy atom. The van der Waals surface area contributed by atoms with Crippen LogP contribution in [-0.2, 0) is 0 Å². The van der Waals surface area contributed by atoms with Crippen LogP contribution < -0.4 is 0 Å². The molecule has 1 aliphatic carbocycles. The van der Waals surface area contributed by atoms with Crippen LogP contribution in [0, 0.1) is 0 Å². The van der Waals surface area contributed by atoms with Crippen LogP contribution in [0.25, 0.3) is 0 Å². The van der Waals surface area contributed by atoms with E-state index in [0.717, 1.165) is 12.8 Å². The minimum absolute atomic E-state index is 0.190. The van der Waals surface area contributed by atoms with Gasteiger partial charge < -0.3 is 5.11 Å². The topological polar surface area (TPSA) is 20.2 Å². The third-order valence-corrected chi connectivity index (χ3v) is 3.48. The third-order valence-electron chi connectivity index (χ3n) is 3.48. The van der Waals surface area contributed by atoms with Crippen molar-refractivity contribution in [2.75, 3.05) is 0 Å². The number of allylic oxidation sites excluding steroid dienone is 1. The molecule has 1 atom stereocenters. The van der Waals surface area contributed by atoms with Crippen molar-refractivity contribution in [3.8, 4) is 0 Å². The largest absolute Gasteiger partial charge is 0.389 e. The van der Waals surface area contributed by atoms with Crippen LogP contribution in [-0.4, -0.2) is 11.2 Å². The first-order valence-electron chi connectivity index (χ1n) is 7.24. The molecule has 0 fully saturated rings. The van der Waals surface area contributed by atoms with Crippen LogP contribution in [0.2, 0.25) is 0 Å². The summed E-state index contributed by atoms with van der Waals surface area (Å²) in [4.78, 5) is 0. The summed E-state index contributed by atoms with van der Waals surface area (Å²) in [7, 11) is 0. The van der Waals surface area contributed by atoms with E-state index in [4.69, 9.17) is 0 Å². The lowest BCUT2D eigenvalue weighted by Crippen LogP contribution is -2.01. The van der Waals surface area contributed by atoms with Crippen molar-refractivity contribution in [2.45, 2.75) is 83.2 Å². The van der Waals surface area contributed by atoms with Crippen molar-refractivity contribution in [3.63, 3.8) is 0 Å². The Kier molecular flexibility index (Phi) is 8.51. The van der Waals surface area contributed by atoms with E-state index in [2.05, 4.69) is 6.08 Å². The van der Waals surface area contributed by atoms with Gasteiger partial charge in [0, 0.05) is 0 Å². The second kappa shape index (κ2) is 9.89. The van der Waals surface area contributed by atoms with E-state index in [1.54, 1.807) is 0 Å². The fraction of sp³-hybridized carbons (Fsp3) is 0.867. The highest BCUT2D eigenvalue weighted by molar-refractivity contribution is 4.88. The molecule has 0 heterocycles. The molecule has 1 nitrogen and oxygen atoms in total. The van der Waals surface area contributed by atoms with E-state index in [9.17, 15) is 5.11 Å². The zero-order valence-electron chi connectivity index (χ0n) is 10.7. The molecule has 0 amide bonds. The summed E-state index contributed by atoms with van der Waals surface area (Å²) in [6, 6.07) is 0. The molecule has 0 saturated carbocycles. The van der Waals surface area contributed by atoms with Crippen molar-refractivity contribution in [1.29, 1.82) is 0 Å². The number of aliphatic hydroxyl groups is 1. The van der Waals surface area contributed by atoms with E-state index in [0.29, 0.717) is 0 Å². The lowest BCUT2D eigenvalue weighted by Gasteiger charge is -2.05. The van der Waals surface area contributed by atoms with Crippen LogP contribution in [0.1, 0.15) is 77.0 Å². The van der Waals surface area contributed by atoms with Crippen molar-refractivity contribution >= 4 is 0 Å². The predicted molar refractivity (Wildman–Crippen MR) is 70.6 cm³/mol. The Hall–Kier alpha value is -0.300. The second-order valence-corrected chi connectivity index (χ2v) is 5.11. The van der Waals surface area contributed by atoms with E-state index in [-0.39, 0.29) is 6.10 Å². The van der Waals surface area contributed by atoms with Gasteiger partial charge in [0.15, 0.2) is 0 Å². The lowest BCUT2D eigenvalue weighted by molar-refractivity contribution is 0.207. The van der Waals surface area contributed by atoms with Crippen molar-refractivity contribution < 1.29 is 5.11 Å². The third kappa shape index (κ3) is 7.92. The first-order valence-corrected chi connectivity index (χ1v) is 7.24. The fourth-order valence-corrected chi connectivity index (χ4v) is 2.38. The summed E-state index contributed by atoms with van der Waals surface area (Å²) in [5.41, 5.74) is 0. The molecule has 0 bridgehead atoms. The van der Waals surface area contributed by atoms with Crippen LogP contribution in [0.4, 0.5) is 0 Å². The van der Waals surface area contributed by atoms with Gasteiger partial charge in [-0.25, -0.2) is 0 Å². The van der Waals surface area contributed by atoms with E-state index in [1.165, 1.54) is 64.2 Å². The molecule has 0 radical (unpaired) electrons. The number of hydrogen-bond donors (Lipinski definition) is 1. The van der Waals surface area contributed by atoms with Gasteiger partial charge in [-0.3, -0.25) is 0 Å². The summed E-state index contributed by atoms with van der Waals surface area (Å²) in [6.45, 7) is 0. The summed E-state index contributed by atoms with van der Waals surface area (Å²) < 4.78 is 0. The maximum absolute atomic E-state index is 9.69. The Labute approximate surface area is 101 Å². The minimum Gasteiger partial charge on any atom is -0.389 e. The molecule has 94 valence electrons. The first-order chi connectivity index (χ1) is 7.89. The van der Waals surface area contributed by atoms with Crippen molar-refractivity contribution in [1.82, 2.24) is 0 Å². The Morgan fingerprint density at radius 2 is 1.19 bits per heavy atom. The predicted octanol–water partition coefficient (Wildman–Crippen LogP) is 4.60. The molecule has 0 aromatic carbocycles. The SMILES string of the molecule is OC1/C=C\CCCCCCCCCCCC1. The normalized spacial score (nSPS) is 28.9. The fourth-order valence-electron chi connectivity index (χ4n) is 2.38. The van der Waals surface area contributed by atoms with Gasteiger partial charge in [-0.05, 0) is 19.3 Å². The van der Waals surface area contributed by atoms with Crippen molar-refractivity contribution in [2.24, 2.45) is 0 Å². The average Bonchev–Trinajstić information content (AvgIpc) is 2.29. The van der Waals surface area contributed by atoms with Gasteiger partial charge >= 0.3 is 0 Å². The summed E-state index contributed by atoms with van der Waals surface area (Å²) in [5, 5.41) is 9.69. The van der Waals surface area contributed by atoms with Gasteiger partial charge in [0.1, 0.15) is 0 Å². The van der Waals surface area contributed by atoms with Gasteiger partial charge in [0.2, 0.25) is 0 Å². The molecule has 1 N–H and O–H groups in total. The summed E-state index contributed by atoms with van der Waals surface area (Å²) in [6.07, 6.45) is 19.6. The van der Waals surface area contributed by atoms with Gasteiger partial charge in [0.05, 0.1) is 6.10 Å². The monoisotopic (exact) mass is 224 g/mol. The zero-order chi connectivity index (χ0) is 11.5. The number of aliphatic hydroxyl groups excluding tert-OH is 1. The smallest absolute Gasteiger partial charge is 0.0720 e. The lowest BCUT2D eigenvalue weighted by atomic mass is 10.1. The molecule has 0 spiro atoms. The van der Waals surface area contributed by atoms with E-state index < -0.39 is 0 Å². The standard InChI is InChI=1S/C15H28O/c16-15-13-11-9-7-5-3-1-2-4-6-8-10-12-14-15/h11,13,15-16H,1-10,12,14H2/b13-11-. The van der Waals surface area contributed by atoms with Gasteiger partial charge in [-0.2, -0.15) is 0 Å². The average molecular weight is 224 g/mol. The molecular weight excluding hydrogens is 196 g/mol. The first kappa shape index (κ1) is 13.8. The van der Waals surface area contributed by atoms with Crippen LogP contribution in [0.5, 0.6) is 0 Å². The Balaban J connectivity index is 2.18. The van der Waals surface area contributed by atoms with Crippen LogP contribution in [0.3, 0.4) is 0 Å². The summed E-state index contributed by atoms with van der Waals surface area (Å²) in [5.74, 6) is 0. The quantitative estimate of drug-likeness (QED) is 0.596. The highest BCUT2D eigenvalue weighted by Gasteiger charge is 1.99. The molecular formula is C15H28O. The second-order valence-electron chi connectivity index (χ2n) is 5.11. The van der Waals surface area contributed by atoms with Gasteiger partial charge in [0.25, 0.3) is 0 Å². The van der Waals surface area contributed by atoms with Crippen LogP contribution >= 0.6 is 0 Å². The number of hydrogen-bond acceptors (Lipinski definition) is 1. The molecule has 16 heavy (non-hydrogen) atoms. The van der Waals surface area contributed by atoms with E-state index >= 15 is 0 Å². The van der Waals surface area contributed by atoms with Gasteiger partial charge in [-0.1, -0.05) is 69.9 Å². The van der Waals surface area contributed by atoms with Crippen LogP contribution in [0.15, 0.2) is 12.2 Å². The Bertz CT molecular complexity index is 174. The molecule has 1 rings (SSSR count). The molecule has 1 unspecified atom stereocenters. The molecule has 1 aliphatic rings. The highest BCUT2D eigenvalue weighted by Crippen LogP contribution is 2.14. The van der Waals surface area contributed by atoms with E-state index in [1.807, 2.05) is 6.08 Å². The molecule has 0 aromatic rings. The Morgan fingerprint density at radius 1 is 0.688 bits per heavy atom. The highest BCUT2D eigenvalue weighted by atomic mass is 16.3. The molecule has 0 aliphatic heterocycles. The maximum Gasteiger partial charge on any atom is 0.0720 e. The maximum atomic E-state index is 9.69. The zero-order valence-corrected chi connectivity index (χ0v) is 10.7. The molecule has 0 aromatic heterocycles. The van der Waals surface area contributed by atoms with Gasteiger partial charge in [-0.15, -0.1) is 0 Å². The minimum atomic E-state index is -0.190. The summed E-state index contributed by atoms with van der Waals surface area (Å²) >= 11 is 0. The number of rotatable bonds is 0. The van der Waals surface area contributed by atoms with Crippen molar-refractivity contribution in [3.05, 3.63) is 12.2 Å². The molecule has 1 heteroatoms. The molecule has 0 saturated heterocycles.